The monoisotopic (exact) mass is 325 g/mol. The van der Waals surface area contributed by atoms with Crippen LogP contribution in [0.15, 0.2) is 42.5 Å². The molecule has 0 fully saturated rings. The number of hydrogen-bond donors (Lipinski definition) is 0. The predicted octanol–water partition coefficient (Wildman–Crippen LogP) is -1.61. The van der Waals surface area contributed by atoms with E-state index >= 15 is 0 Å². The van der Waals surface area contributed by atoms with Crippen molar-refractivity contribution in [1.29, 1.82) is 0 Å². The van der Waals surface area contributed by atoms with E-state index in [0.29, 0.717) is 0 Å². The lowest BCUT2D eigenvalue weighted by Gasteiger charge is -2.17. The molecule has 0 saturated heterocycles. The van der Waals surface area contributed by atoms with Gasteiger partial charge in [-0.1, -0.05) is 30.3 Å². The topological polar surface area (TPSA) is 96.1 Å². The number of hydrogen-bond acceptors (Lipinski definition) is 4. The summed E-state index contributed by atoms with van der Waals surface area (Å²) in [5, 5.41) is 0. The van der Waals surface area contributed by atoms with Crippen molar-refractivity contribution in [3.63, 3.8) is 0 Å². The summed E-state index contributed by atoms with van der Waals surface area (Å²) in [6.07, 6.45) is 1.09. The first-order valence-corrected chi connectivity index (χ1v) is 8.03. The molecule has 2 rings (SSSR count). The molecule has 0 bridgehead atoms. The van der Waals surface area contributed by atoms with E-state index in [9.17, 15) is 0 Å². The summed E-state index contributed by atoms with van der Waals surface area (Å²) in [6.45, 7) is 7.58. The minimum absolute atomic E-state index is 1.06. The van der Waals surface area contributed by atoms with E-state index in [4.69, 9.17) is 18.6 Å². The van der Waals surface area contributed by atoms with Crippen LogP contribution in [0, 0.1) is 31.0 Å². The first kappa shape index (κ1) is 18.5. The first-order valence-electron chi connectivity index (χ1n) is 6.80. The van der Waals surface area contributed by atoms with Gasteiger partial charge in [0.05, 0.1) is 0 Å². The van der Waals surface area contributed by atoms with Gasteiger partial charge in [-0.2, -0.15) is 4.57 Å². The Morgan fingerprint density at radius 1 is 0.864 bits per heavy atom. The Kier molecular flexibility index (Phi) is 6.93. The zero-order chi connectivity index (χ0) is 16.8. The normalized spacial score (nSPS) is 10.9. The minimum atomic E-state index is -4.94. The molecule has 5 nitrogen and oxygen atoms in total. The summed E-state index contributed by atoms with van der Waals surface area (Å²) >= 11 is 0. The van der Waals surface area contributed by atoms with Crippen LogP contribution in [-0.4, -0.2) is 0 Å². The van der Waals surface area contributed by atoms with E-state index in [1.165, 1.54) is 22.5 Å². The Bertz CT molecular complexity index is 568. The number of benzene rings is 1. The summed E-state index contributed by atoms with van der Waals surface area (Å²) in [7, 11) is -4.94. The molecule has 22 heavy (non-hydrogen) atoms. The molecule has 120 valence electrons. The maximum Gasteiger partial charge on any atom is 0.178 e. The number of rotatable bonds is 3. The van der Waals surface area contributed by atoms with Gasteiger partial charge >= 0.3 is 0 Å². The molecule has 0 radical (unpaired) electrons. The second-order valence-electron chi connectivity index (χ2n) is 5.08. The minimum Gasteiger partial charge on any atom is -0.222 e. The van der Waals surface area contributed by atoms with Gasteiger partial charge in [0, 0.05) is 32.4 Å². The van der Waals surface area contributed by atoms with Crippen LogP contribution in [-0.2, 0) is 13.0 Å². The molecule has 0 aliphatic carbocycles. The van der Waals surface area contributed by atoms with E-state index in [1.54, 1.807) is 0 Å². The number of aromatic nitrogens is 1. The van der Waals surface area contributed by atoms with Crippen LogP contribution in [0.2, 0.25) is 0 Å². The van der Waals surface area contributed by atoms with Crippen LogP contribution in [0.5, 0.6) is 0 Å². The third kappa shape index (κ3) is 7.49. The molecule has 2 aromatic rings. The van der Waals surface area contributed by atoms with Gasteiger partial charge in [-0.3, -0.25) is 0 Å². The fraction of sp³-hybridized carbons (Fsp3) is 0.312. The molecule has 0 saturated carbocycles. The van der Waals surface area contributed by atoms with Crippen LogP contribution in [0.1, 0.15) is 22.5 Å². The largest absolute Gasteiger partial charge is 0.222 e. The maximum absolute atomic E-state index is 8.49. The number of halogens is 1. The molecule has 0 aliphatic rings. The zero-order valence-corrected chi connectivity index (χ0v) is 13.7. The van der Waals surface area contributed by atoms with Crippen molar-refractivity contribution in [2.45, 2.75) is 33.7 Å². The number of pyridine rings is 1. The highest BCUT2D eigenvalue weighted by Gasteiger charge is 2.10. The first-order chi connectivity index (χ1) is 10.2. The zero-order valence-electron chi connectivity index (χ0n) is 12.9. The standard InChI is InChI=1S/C16H20N.ClHO4/c1-13-11-14(2)17(15(3)12-13)10-9-16-7-5-4-6-8-16;2-1(3,4)5/h4-8,11-12H,9-10H2,1-3H3;(H,2,3,4,5)/q+1;/p-1. The Morgan fingerprint density at radius 2 is 1.32 bits per heavy atom. The second kappa shape index (κ2) is 8.22. The smallest absolute Gasteiger partial charge is 0.178 e. The van der Waals surface area contributed by atoms with Crippen LogP contribution in [0.3, 0.4) is 0 Å². The average Bonchev–Trinajstić information content (AvgIpc) is 2.36. The Hall–Kier alpha value is -1.50. The molecule has 0 unspecified atom stereocenters. The summed E-state index contributed by atoms with van der Waals surface area (Å²) in [6, 6.07) is 15.2. The molecule has 0 spiro atoms. The molecule has 1 heterocycles. The molecule has 0 aliphatic heterocycles. The van der Waals surface area contributed by atoms with Gasteiger partial charge in [0.1, 0.15) is 0 Å². The second-order valence-corrected chi connectivity index (χ2v) is 5.84. The highest BCUT2D eigenvalue weighted by molar-refractivity contribution is 5.15. The molecule has 0 atom stereocenters. The molecular weight excluding hydrogens is 306 g/mol. The lowest BCUT2D eigenvalue weighted by atomic mass is 10.1. The predicted molar refractivity (Wildman–Crippen MR) is 71.0 cm³/mol. The summed E-state index contributed by atoms with van der Waals surface area (Å²) in [5.74, 6) is 0. The van der Waals surface area contributed by atoms with Gasteiger partial charge in [0.15, 0.2) is 17.9 Å². The quantitative estimate of drug-likeness (QED) is 0.634. The van der Waals surface area contributed by atoms with E-state index in [0.717, 1.165) is 13.0 Å². The van der Waals surface area contributed by atoms with Crippen molar-refractivity contribution in [3.8, 4) is 0 Å². The van der Waals surface area contributed by atoms with E-state index in [-0.39, 0.29) is 0 Å². The summed E-state index contributed by atoms with van der Waals surface area (Å²) in [4.78, 5) is 0. The van der Waals surface area contributed by atoms with Gasteiger partial charge in [-0.15, -0.1) is 10.2 Å². The third-order valence-electron chi connectivity index (χ3n) is 3.19. The average molecular weight is 326 g/mol. The van der Waals surface area contributed by atoms with Gasteiger partial charge < -0.3 is 0 Å². The Labute approximate surface area is 132 Å². The third-order valence-corrected chi connectivity index (χ3v) is 3.19. The number of nitrogens with zero attached hydrogens (tertiary/aromatic N) is 1. The van der Waals surface area contributed by atoms with Gasteiger partial charge in [0.2, 0.25) is 0 Å². The Balaban J connectivity index is 0.000000422. The maximum atomic E-state index is 8.49. The van der Waals surface area contributed by atoms with E-state index in [1.807, 2.05) is 0 Å². The Morgan fingerprint density at radius 3 is 1.77 bits per heavy atom. The molecule has 0 N–H and O–H groups in total. The highest BCUT2D eigenvalue weighted by Crippen LogP contribution is 2.04. The van der Waals surface area contributed by atoms with Crippen molar-refractivity contribution in [1.82, 2.24) is 0 Å². The van der Waals surface area contributed by atoms with Crippen molar-refractivity contribution in [2.75, 3.05) is 0 Å². The van der Waals surface area contributed by atoms with Crippen LogP contribution in [0.25, 0.3) is 0 Å². The summed E-state index contributed by atoms with van der Waals surface area (Å²) in [5.41, 5.74) is 5.44. The van der Waals surface area contributed by atoms with E-state index in [2.05, 4.69) is 67.8 Å². The van der Waals surface area contributed by atoms with Crippen LogP contribution in [0.4, 0.5) is 0 Å². The fourth-order valence-corrected chi connectivity index (χ4v) is 2.37. The molecule has 1 aromatic heterocycles. The van der Waals surface area contributed by atoms with Gasteiger partial charge in [0.25, 0.3) is 0 Å². The molecule has 0 amide bonds. The molecule has 1 aromatic carbocycles. The molecular formula is C16H20ClNO4. The highest BCUT2D eigenvalue weighted by atomic mass is 35.7. The lowest BCUT2D eigenvalue weighted by Crippen LogP contribution is -2.68. The lowest BCUT2D eigenvalue weighted by molar-refractivity contribution is -2.00. The van der Waals surface area contributed by atoms with Crippen molar-refractivity contribution < 1.29 is 33.4 Å². The fourth-order valence-electron chi connectivity index (χ4n) is 2.37. The number of aryl methyl sites for hydroxylation is 4. The van der Waals surface area contributed by atoms with Crippen LogP contribution < -0.4 is 23.2 Å². The van der Waals surface area contributed by atoms with Crippen LogP contribution >= 0.6 is 0 Å². The van der Waals surface area contributed by atoms with Crippen molar-refractivity contribution in [2.24, 2.45) is 0 Å². The summed E-state index contributed by atoms with van der Waals surface area (Å²) < 4.78 is 36.4. The van der Waals surface area contributed by atoms with Crippen molar-refractivity contribution in [3.05, 3.63) is 65.0 Å². The van der Waals surface area contributed by atoms with Crippen molar-refractivity contribution >= 4 is 0 Å². The molecule has 6 heteroatoms. The SMILES string of the molecule is Cc1cc(C)[n+](CCc2ccccc2)c(C)c1.[O-][Cl+3]([O-])([O-])[O-]. The van der Waals surface area contributed by atoms with Gasteiger partial charge in [-0.05, 0) is 18.1 Å². The van der Waals surface area contributed by atoms with Gasteiger partial charge in [-0.25, -0.2) is 18.6 Å². The van der Waals surface area contributed by atoms with E-state index < -0.39 is 10.2 Å².